The predicted octanol–water partition coefficient (Wildman–Crippen LogP) is 0.913. The van der Waals surface area contributed by atoms with Crippen LogP contribution in [-0.2, 0) is 0 Å². The Morgan fingerprint density at radius 3 is 2.90 bits per heavy atom. The highest BCUT2D eigenvalue weighted by Crippen LogP contribution is 2.39. The third-order valence-electron chi connectivity index (χ3n) is 3.44. The zero-order valence-electron chi connectivity index (χ0n) is 11.6. The van der Waals surface area contributed by atoms with Crippen LogP contribution in [0.3, 0.4) is 0 Å². The number of hydrogen-bond acceptors (Lipinski definition) is 6. The van der Waals surface area contributed by atoms with Gasteiger partial charge in [0.1, 0.15) is 15.9 Å². The first-order valence-corrected chi connectivity index (χ1v) is 7.23. The molecule has 1 atom stereocenters. The van der Waals surface area contributed by atoms with E-state index in [1.165, 1.54) is 18.4 Å². The van der Waals surface area contributed by atoms with Crippen LogP contribution >= 0.6 is 11.3 Å². The molecule has 1 saturated heterocycles. The average molecular weight is 294 g/mol. The molecule has 20 heavy (non-hydrogen) atoms. The van der Waals surface area contributed by atoms with Crippen molar-refractivity contribution < 1.29 is 9.90 Å². The summed E-state index contributed by atoms with van der Waals surface area (Å²) in [5.41, 5.74) is 5.67. The highest BCUT2D eigenvalue weighted by Gasteiger charge is 2.33. The van der Waals surface area contributed by atoms with Gasteiger partial charge in [-0.2, -0.15) is 5.26 Å². The van der Waals surface area contributed by atoms with Crippen molar-refractivity contribution in [1.29, 1.82) is 5.26 Å². The summed E-state index contributed by atoms with van der Waals surface area (Å²) in [4.78, 5) is 14.3. The molecule has 1 aliphatic heterocycles. The summed E-state index contributed by atoms with van der Waals surface area (Å²) in [6.07, 6.45) is 1.56. The fraction of sp³-hybridized carbons (Fsp3) is 0.538. The lowest BCUT2D eigenvalue weighted by atomic mass is 9.95. The van der Waals surface area contributed by atoms with Gasteiger partial charge in [0, 0.05) is 20.1 Å². The highest BCUT2D eigenvalue weighted by molar-refractivity contribution is 7.17. The van der Waals surface area contributed by atoms with Gasteiger partial charge in [0.15, 0.2) is 0 Å². The molecule has 1 fully saturated rings. The number of hydrogen-bond donors (Lipinski definition) is 3. The average Bonchev–Trinajstić information content (AvgIpc) is 2.73. The number of aliphatic hydroxyl groups is 1. The fourth-order valence-electron chi connectivity index (χ4n) is 2.47. The zero-order chi connectivity index (χ0) is 14.9. The van der Waals surface area contributed by atoms with Gasteiger partial charge < -0.3 is 21.1 Å². The Kier molecular flexibility index (Phi) is 3.88. The molecule has 0 radical (unpaired) electrons. The van der Waals surface area contributed by atoms with Gasteiger partial charge in [-0.1, -0.05) is 0 Å². The molecule has 108 valence electrons. The third-order valence-corrected chi connectivity index (χ3v) is 4.62. The minimum Gasteiger partial charge on any atom is -0.396 e. The Morgan fingerprint density at radius 1 is 1.65 bits per heavy atom. The minimum absolute atomic E-state index is 0.220. The number of nitrogens with zero attached hydrogens (tertiary/aromatic N) is 2. The van der Waals surface area contributed by atoms with E-state index in [-0.39, 0.29) is 11.6 Å². The number of nitrogens with two attached hydrogens (primary N) is 1. The molecule has 4 N–H and O–H groups in total. The van der Waals surface area contributed by atoms with Crippen LogP contribution in [0.15, 0.2) is 0 Å². The van der Waals surface area contributed by atoms with E-state index in [0.29, 0.717) is 22.0 Å². The van der Waals surface area contributed by atoms with E-state index in [9.17, 15) is 9.90 Å². The molecule has 1 aliphatic rings. The number of nitrogens with one attached hydrogen (secondary N) is 1. The Hall–Kier alpha value is -1.78. The third kappa shape index (κ3) is 2.57. The number of nitriles is 1. The van der Waals surface area contributed by atoms with Crippen molar-refractivity contribution in [2.24, 2.45) is 0 Å². The summed E-state index contributed by atoms with van der Waals surface area (Å²) < 4.78 is 0. The minimum atomic E-state index is -0.788. The summed E-state index contributed by atoms with van der Waals surface area (Å²) in [7, 11) is 1.53. The number of amides is 1. The van der Waals surface area contributed by atoms with E-state index in [1.807, 2.05) is 11.0 Å². The van der Waals surface area contributed by atoms with E-state index in [0.717, 1.165) is 19.4 Å². The Labute approximate surface area is 121 Å². The maximum atomic E-state index is 12.0. The van der Waals surface area contributed by atoms with Crippen LogP contribution < -0.4 is 16.0 Å². The van der Waals surface area contributed by atoms with Gasteiger partial charge in [-0.15, -0.1) is 11.3 Å². The van der Waals surface area contributed by atoms with E-state index >= 15 is 0 Å². The number of piperidine rings is 1. The molecule has 0 saturated carbocycles. The normalized spacial score (nSPS) is 22.4. The lowest BCUT2D eigenvalue weighted by molar-refractivity contribution is 0.0450. The molecular weight excluding hydrogens is 276 g/mol. The van der Waals surface area contributed by atoms with Crippen LogP contribution in [0, 0.1) is 11.3 Å². The van der Waals surface area contributed by atoms with Gasteiger partial charge in [-0.25, -0.2) is 0 Å². The summed E-state index contributed by atoms with van der Waals surface area (Å²) >= 11 is 1.20. The molecule has 1 unspecified atom stereocenters. The second kappa shape index (κ2) is 5.31. The fourth-order valence-corrected chi connectivity index (χ4v) is 3.52. The maximum Gasteiger partial charge on any atom is 0.256 e. The van der Waals surface area contributed by atoms with Gasteiger partial charge in [0.2, 0.25) is 0 Å². The monoisotopic (exact) mass is 294 g/mol. The highest BCUT2D eigenvalue weighted by atomic mass is 32.1. The topological polar surface area (TPSA) is 102 Å². The van der Waals surface area contributed by atoms with Crippen molar-refractivity contribution in [3.8, 4) is 6.07 Å². The SMILES string of the molecule is CNC(=O)c1c(N2CCCC(C)(O)C2)sc(C#N)c1N. The molecule has 2 heterocycles. The van der Waals surface area contributed by atoms with Crippen molar-refractivity contribution >= 4 is 27.9 Å². The van der Waals surface area contributed by atoms with Crippen molar-refractivity contribution in [3.05, 3.63) is 10.4 Å². The molecule has 1 aromatic rings. The largest absolute Gasteiger partial charge is 0.396 e. The summed E-state index contributed by atoms with van der Waals surface area (Å²) in [5.74, 6) is -0.305. The lowest BCUT2D eigenvalue weighted by Gasteiger charge is -2.37. The molecule has 2 rings (SSSR count). The van der Waals surface area contributed by atoms with Crippen LogP contribution in [0.5, 0.6) is 0 Å². The Balaban J connectivity index is 2.45. The van der Waals surface area contributed by atoms with Gasteiger partial charge >= 0.3 is 0 Å². The van der Waals surface area contributed by atoms with Crippen molar-refractivity contribution in [3.63, 3.8) is 0 Å². The second-order valence-corrected chi connectivity index (χ2v) is 6.24. The molecule has 0 spiro atoms. The van der Waals surface area contributed by atoms with Gasteiger partial charge in [-0.3, -0.25) is 4.79 Å². The molecule has 0 aliphatic carbocycles. The molecule has 7 heteroatoms. The summed E-state index contributed by atoms with van der Waals surface area (Å²) in [5, 5.41) is 22.5. The standard InChI is InChI=1S/C13H18N4O2S/c1-13(19)4-3-5-17(7-13)12-9(11(18)16-2)10(15)8(6-14)20-12/h19H,3-5,7,15H2,1-2H3,(H,16,18). The number of thiophene rings is 1. The van der Waals surface area contributed by atoms with Gasteiger partial charge in [-0.05, 0) is 19.8 Å². The molecular formula is C13H18N4O2S. The smallest absolute Gasteiger partial charge is 0.256 e. The first kappa shape index (κ1) is 14.6. The zero-order valence-corrected chi connectivity index (χ0v) is 12.4. The van der Waals surface area contributed by atoms with E-state index in [2.05, 4.69) is 5.32 Å². The van der Waals surface area contributed by atoms with Crippen LogP contribution in [0.4, 0.5) is 10.7 Å². The van der Waals surface area contributed by atoms with Gasteiger partial charge in [0.05, 0.1) is 16.9 Å². The van der Waals surface area contributed by atoms with E-state index in [1.54, 1.807) is 6.92 Å². The van der Waals surface area contributed by atoms with Gasteiger partial charge in [0.25, 0.3) is 5.91 Å². The molecule has 0 aromatic carbocycles. The van der Waals surface area contributed by atoms with Crippen molar-refractivity contribution in [2.45, 2.75) is 25.4 Å². The molecule has 1 amide bonds. The number of carbonyl (C=O) groups is 1. The Bertz CT molecular complexity index is 574. The van der Waals surface area contributed by atoms with Crippen molar-refractivity contribution in [2.75, 3.05) is 30.8 Å². The van der Waals surface area contributed by atoms with Crippen LogP contribution in [0.1, 0.15) is 35.0 Å². The van der Waals surface area contributed by atoms with E-state index < -0.39 is 5.60 Å². The van der Waals surface area contributed by atoms with Crippen LogP contribution in [0.2, 0.25) is 0 Å². The first-order chi connectivity index (χ1) is 9.39. The van der Waals surface area contributed by atoms with Crippen molar-refractivity contribution in [1.82, 2.24) is 5.32 Å². The number of anilines is 2. The number of nitrogen functional groups attached to an aromatic ring is 1. The van der Waals surface area contributed by atoms with Crippen LogP contribution in [0.25, 0.3) is 0 Å². The Morgan fingerprint density at radius 2 is 2.35 bits per heavy atom. The predicted molar refractivity (Wildman–Crippen MR) is 78.9 cm³/mol. The second-order valence-electron chi connectivity index (χ2n) is 5.24. The summed E-state index contributed by atoms with van der Waals surface area (Å²) in [6, 6.07) is 2.02. The number of carbonyl (C=O) groups excluding carboxylic acids is 1. The first-order valence-electron chi connectivity index (χ1n) is 6.41. The number of β-amino-alcohol motifs (C(OH)–C–C–N with tert-alkyl or cyclic N) is 1. The summed E-state index contributed by atoms with van der Waals surface area (Å²) in [6.45, 7) is 2.95. The molecule has 0 bridgehead atoms. The number of rotatable bonds is 2. The maximum absolute atomic E-state index is 12.0. The molecule has 1 aromatic heterocycles. The quantitative estimate of drug-likeness (QED) is 0.752. The van der Waals surface area contributed by atoms with E-state index in [4.69, 9.17) is 11.0 Å². The van der Waals surface area contributed by atoms with Crippen LogP contribution in [-0.4, -0.2) is 36.8 Å². The lowest BCUT2D eigenvalue weighted by Crippen LogP contribution is -2.46. The molecule has 6 nitrogen and oxygen atoms in total.